The Morgan fingerprint density at radius 3 is 2.83 bits per heavy atom. The Bertz CT molecular complexity index is 500. The lowest BCUT2D eigenvalue weighted by Crippen LogP contribution is -2.32. The van der Waals surface area contributed by atoms with Crippen molar-refractivity contribution in [2.75, 3.05) is 26.7 Å². The lowest BCUT2D eigenvalue weighted by molar-refractivity contribution is 0.101. The van der Waals surface area contributed by atoms with Gasteiger partial charge in [-0.25, -0.2) is 0 Å². The molecule has 1 aromatic rings. The molecule has 1 aliphatic heterocycles. The van der Waals surface area contributed by atoms with Gasteiger partial charge < -0.3 is 10.1 Å². The van der Waals surface area contributed by atoms with E-state index in [0.717, 1.165) is 36.5 Å². The Kier molecular flexibility index (Phi) is 8.59. The van der Waals surface area contributed by atoms with Gasteiger partial charge in [-0.3, -0.25) is 9.69 Å². The molecular formula is C18H29ClN2O2. The third kappa shape index (κ3) is 5.79. The fourth-order valence-corrected chi connectivity index (χ4v) is 3.06. The third-order valence-electron chi connectivity index (χ3n) is 4.36. The maximum atomic E-state index is 11.6. The van der Waals surface area contributed by atoms with Gasteiger partial charge in [0.15, 0.2) is 5.78 Å². The second kappa shape index (κ2) is 9.91. The highest BCUT2D eigenvalue weighted by Crippen LogP contribution is 2.24. The second-order valence-electron chi connectivity index (χ2n) is 6.06. The van der Waals surface area contributed by atoms with Crippen LogP contribution in [-0.4, -0.2) is 43.5 Å². The molecule has 5 heteroatoms. The van der Waals surface area contributed by atoms with Crippen molar-refractivity contribution >= 4 is 18.2 Å². The number of halogens is 1. The van der Waals surface area contributed by atoms with E-state index in [0.29, 0.717) is 12.6 Å². The van der Waals surface area contributed by atoms with Crippen LogP contribution in [0.25, 0.3) is 0 Å². The first-order chi connectivity index (χ1) is 10.6. The van der Waals surface area contributed by atoms with Crippen LogP contribution >= 0.6 is 12.4 Å². The first-order valence-corrected chi connectivity index (χ1v) is 8.29. The number of rotatable bonds is 6. The summed E-state index contributed by atoms with van der Waals surface area (Å²) in [5.41, 5.74) is 1.86. The summed E-state index contributed by atoms with van der Waals surface area (Å²) in [4.78, 5) is 14.0. The minimum atomic E-state index is 0. The SMILES string of the molecule is CCOc1ccc(C(C)=O)cc1CN(C)C1CCCNCC1.Cl. The molecule has 1 aliphatic rings. The van der Waals surface area contributed by atoms with E-state index >= 15 is 0 Å². The lowest BCUT2D eigenvalue weighted by atomic mass is 10.0. The summed E-state index contributed by atoms with van der Waals surface area (Å²) in [7, 11) is 2.17. The summed E-state index contributed by atoms with van der Waals surface area (Å²) < 4.78 is 5.73. The van der Waals surface area contributed by atoms with Gasteiger partial charge >= 0.3 is 0 Å². The standard InChI is InChI=1S/C18H28N2O2.ClH/c1-4-22-18-8-7-15(14(2)21)12-16(18)13-20(3)17-6-5-10-19-11-9-17;/h7-8,12,17,19H,4-6,9-11,13H2,1-3H3;1H. The van der Waals surface area contributed by atoms with Crippen LogP contribution in [0.3, 0.4) is 0 Å². The molecule has 0 amide bonds. The van der Waals surface area contributed by atoms with Crippen molar-refractivity contribution in [2.24, 2.45) is 0 Å². The summed E-state index contributed by atoms with van der Waals surface area (Å²) >= 11 is 0. The minimum Gasteiger partial charge on any atom is -0.494 e. The van der Waals surface area contributed by atoms with Gasteiger partial charge in [-0.05, 0) is 71.4 Å². The number of ether oxygens (including phenoxy) is 1. The van der Waals surface area contributed by atoms with Crippen LogP contribution in [-0.2, 0) is 6.54 Å². The molecule has 2 rings (SSSR count). The summed E-state index contributed by atoms with van der Waals surface area (Å²) in [5, 5.41) is 3.46. The second-order valence-corrected chi connectivity index (χ2v) is 6.06. The molecule has 0 bridgehead atoms. The number of Topliss-reactive ketones (excluding diaryl/α,β-unsaturated/α-hetero) is 1. The zero-order valence-electron chi connectivity index (χ0n) is 14.4. The number of carbonyl (C=O) groups is 1. The van der Waals surface area contributed by atoms with Gasteiger partial charge in [0.25, 0.3) is 0 Å². The zero-order chi connectivity index (χ0) is 15.9. The van der Waals surface area contributed by atoms with Crippen LogP contribution in [0.5, 0.6) is 5.75 Å². The normalized spacial score (nSPS) is 18.2. The highest BCUT2D eigenvalue weighted by Gasteiger charge is 2.18. The highest BCUT2D eigenvalue weighted by molar-refractivity contribution is 5.94. The van der Waals surface area contributed by atoms with Gasteiger partial charge in [0.1, 0.15) is 5.75 Å². The lowest BCUT2D eigenvalue weighted by Gasteiger charge is -2.27. The molecule has 0 spiro atoms. The van der Waals surface area contributed by atoms with E-state index in [9.17, 15) is 4.79 Å². The molecule has 23 heavy (non-hydrogen) atoms. The van der Waals surface area contributed by atoms with E-state index in [1.165, 1.54) is 19.3 Å². The fourth-order valence-electron chi connectivity index (χ4n) is 3.06. The number of ketones is 1. The van der Waals surface area contributed by atoms with Crippen molar-refractivity contribution < 1.29 is 9.53 Å². The molecular weight excluding hydrogens is 312 g/mol. The highest BCUT2D eigenvalue weighted by atomic mass is 35.5. The fraction of sp³-hybridized carbons (Fsp3) is 0.611. The maximum absolute atomic E-state index is 11.6. The number of nitrogens with zero attached hydrogens (tertiary/aromatic N) is 1. The molecule has 1 saturated heterocycles. The molecule has 0 aliphatic carbocycles. The first-order valence-electron chi connectivity index (χ1n) is 8.29. The number of benzene rings is 1. The van der Waals surface area contributed by atoms with Gasteiger partial charge in [0, 0.05) is 23.7 Å². The van der Waals surface area contributed by atoms with Gasteiger partial charge in [-0.15, -0.1) is 12.4 Å². The smallest absolute Gasteiger partial charge is 0.159 e. The molecule has 1 N–H and O–H groups in total. The van der Waals surface area contributed by atoms with Crippen molar-refractivity contribution in [1.82, 2.24) is 10.2 Å². The molecule has 0 radical (unpaired) electrons. The maximum Gasteiger partial charge on any atom is 0.159 e. The van der Waals surface area contributed by atoms with Crippen LogP contribution in [0, 0.1) is 0 Å². The van der Waals surface area contributed by atoms with E-state index in [4.69, 9.17) is 4.74 Å². The van der Waals surface area contributed by atoms with Crippen molar-refractivity contribution in [3.05, 3.63) is 29.3 Å². The van der Waals surface area contributed by atoms with Crippen LogP contribution in [0.2, 0.25) is 0 Å². The van der Waals surface area contributed by atoms with Gasteiger partial charge in [-0.2, -0.15) is 0 Å². The Labute approximate surface area is 146 Å². The first kappa shape index (κ1) is 19.9. The number of carbonyl (C=O) groups excluding carboxylic acids is 1. The predicted molar refractivity (Wildman–Crippen MR) is 96.8 cm³/mol. The molecule has 1 heterocycles. The number of hydrogen-bond acceptors (Lipinski definition) is 4. The van der Waals surface area contributed by atoms with Crippen LogP contribution < -0.4 is 10.1 Å². The number of nitrogens with one attached hydrogen (secondary N) is 1. The molecule has 1 atom stereocenters. The molecule has 0 saturated carbocycles. The van der Waals surface area contributed by atoms with E-state index in [1.54, 1.807) is 6.92 Å². The molecule has 1 fully saturated rings. The Morgan fingerprint density at radius 2 is 2.13 bits per heavy atom. The van der Waals surface area contributed by atoms with Crippen molar-refractivity contribution in [3.63, 3.8) is 0 Å². The van der Waals surface area contributed by atoms with E-state index < -0.39 is 0 Å². The van der Waals surface area contributed by atoms with Crippen molar-refractivity contribution in [1.29, 1.82) is 0 Å². The van der Waals surface area contributed by atoms with Crippen LogP contribution in [0.15, 0.2) is 18.2 Å². The van der Waals surface area contributed by atoms with Gasteiger partial charge in [0.05, 0.1) is 6.61 Å². The molecule has 130 valence electrons. The quantitative estimate of drug-likeness (QED) is 0.807. The molecule has 1 unspecified atom stereocenters. The van der Waals surface area contributed by atoms with Gasteiger partial charge in [0.2, 0.25) is 0 Å². The minimum absolute atomic E-state index is 0. The summed E-state index contributed by atoms with van der Waals surface area (Å²) in [6, 6.07) is 6.36. The Hall–Kier alpha value is -1.10. The number of hydrogen-bond donors (Lipinski definition) is 1. The summed E-state index contributed by atoms with van der Waals surface area (Å²) in [5.74, 6) is 0.997. The summed E-state index contributed by atoms with van der Waals surface area (Å²) in [6.07, 6.45) is 3.62. The van der Waals surface area contributed by atoms with E-state index in [2.05, 4.69) is 17.3 Å². The molecule has 0 aromatic heterocycles. The van der Waals surface area contributed by atoms with Crippen molar-refractivity contribution in [3.8, 4) is 5.75 Å². The summed E-state index contributed by atoms with van der Waals surface area (Å²) in [6.45, 7) is 7.27. The Morgan fingerprint density at radius 1 is 1.35 bits per heavy atom. The molecule has 4 nitrogen and oxygen atoms in total. The third-order valence-corrected chi connectivity index (χ3v) is 4.36. The van der Waals surface area contributed by atoms with Gasteiger partial charge in [-0.1, -0.05) is 0 Å². The average Bonchev–Trinajstić information content (AvgIpc) is 2.78. The largest absolute Gasteiger partial charge is 0.494 e. The zero-order valence-corrected chi connectivity index (χ0v) is 15.2. The van der Waals surface area contributed by atoms with E-state index in [1.807, 2.05) is 25.1 Å². The Balaban J connectivity index is 0.00000264. The van der Waals surface area contributed by atoms with Crippen LogP contribution in [0.1, 0.15) is 49.0 Å². The van der Waals surface area contributed by atoms with Crippen LogP contribution in [0.4, 0.5) is 0 Å². The average molecular weight is 341 g/mol. The molecule has 1 aromatic carbocycles. The topological polar surface area (TPSA) is 41.6 Å². The van der Waals surface area contributed by atoms with Crippen molar-refractivity contribution in [2.45, 2.75) is 45.7 Å². The monoisotopic (exact) mass is 340 g/mol. The van der Waals surface area contributed by atoms with E-state index in [-0.39, 0.29) is 18.2 Å². The predicted octanol–water partition coefficient (Wildman–Crippen LogP) is 3.28.